The molecule has 0 amide bonds. The van der Waals surface area contributed by atoms with Crippen molar-refractivity contribution in [3.05, 3.63) is 0 Å². The lowest BCUT2D eigenvalue weighted by molar-refractivity contribution is 0.584. The fourth-order valence-electron chi connectivity index (χ4n) is 0.263. The smallest absolute Gasteiger partial charge is 0.122 e. The highest BCUT2D eigenvalue weighted by Gasteiger charge is 1.94. The molecule has 0 spiro atoms. The van der Waals surface area contributed by atoms with E-state index in [9.17, 15) is 4.55 Å². The second kappa shape index (κ2) is 4.43. The number of hydrogen-bond donors (Lipinski definition) is 1. The monoisotopic (exact) mass is 121 g/mol. The van der Waals surface area contributed by atoms with Gasteiger partial charge in [0, 0.05) is 17.9 Å². The molecule has 0 aliphatic carbocycles. The highest BCUT2D eigenvalue weighted by atomic mass is 32.2. The Morgan fingerprint density at radius 2 is 2.14 bits per heavy atom. The van der Waals surface area contributed by atoms with Crippen LogP contribution in [0.5, 0.6) is 0 Å². The van der Waals surface area contributed by atoms with Gasteiger partial charge in [-0.25, -0.2) is 0 Å². The summed E-state index contributed by atoms with van der Waals surface area (Å²) in [4.78, 5) is 0. The molecule has 0 saturated carbocycles. The summed E-state index contributed by atoms with van der Waals surface area (Å²) in [5.41, 5.74) is 0. The standard InChI is InChI=1S/C4H11NOS/c1-3-5-7(6)4-2/h5H,3-4H2,1-2H3. The maximum atomic E-state index is 10.4. The first-order valence-electron chi connectivity index (χ1n) is 2.43. The highest BCUT2D eigenvalue weighted by Crippen LogP contribution is 1.78. The molecule has 1 N–H and O–H groups in total. The SMILES string of the molecule is CCN[S+]([O-])CC. The second-order valence-corrected chi connectivity index (χ2v) is 2.69. The Morgan fingerprint density at radius 1 is 1.57 bits per heavy atom. The third kappa shape index (κ3) is 4.12. The molecule has 0 aromatic heterocycles. The van der Waals surface area contributed by atoms with Crippen molar-refractivity contribution in [2.45, 2.75) is 13.8 Å². The molecule has 0 aromatic carbocycles. The fourth-order valence-corrected chi connectivity index (χ4v) is 0.789. The van der Waals surface area contributed by atoms with Crippen LogP contribution in [0.2, 0.25) is 0 Å². The minimum absolute atomic E-state index is 0.702. The molecule has 0 bridgehead atoms. The van der Waals surface area contributed by atoms with Gasteiger partial charge in [0.2, 0.25) is 0 Å². The molecule has 0 aliphatic heterocycles. The van der Waals surface area contributed by atoms with Gasteiger partial charge < -0.3 is 4.55 Å². The summed E-state index contributed by atoms with van der Waals surface area (Å²) in [5.74, 6) is 0.702. The van der Waals surface area contributed by atoms with E-state index >= 15 is 0 Å². The Kier molecular flexibility index (Phi) is 4.60. The average Bonchev–Trinajstić information content (AvgIpc) is 1.68. The third-order valence-corrected chi connectivity index (χ3v) is 1.70. The van der Waals surface area contributed by atoms with E-state index in [1.807, 2.05) is 13.8 Å². The van der Waals surface area contributed by atoms with Crippen LogP contribution in [0, 0.1) is 0 Å². The molecule has 0 fully saturated rings. The van der Waals surface area contributed by atoms with Gasteiger partial charge in [-0.1, -0.05) is 0 Å². The van der Waals surface area contributed by atoms with Gasteiger partial charge in [0.1, 0.15) is 5.75 Å². The minimum atomic E-state index is -0.777. The number of rotatable bonds is 3. The average molecular weight is 121 g/mol. The quantitative estimate of drug-likeness (QED) is 0.544. The summed E-state index contributed by atoms with van der Waals surface area (Å²) in [5, 5.41) is 0. The van der Waals surface area contributed by atoms with E-state index in [1.54, 1.807) is 0 Å². The lowest BCUT2D eigenvalue weighted by atomic mass is 10.8. The predicted molar refractivity (Wildman–Crippen MR) is 32.4 cm³/mol. The van der Waals surface area contributed by atoms with Gasteiger partial charge in [0.15, 0.2) is 0 Å². The maximum Gasteiger partial charge on any atom is 0.122 e. The third-order valence-electron chi connectivity index (χ3n) is 0.568. The largest absolute Gasteiger partial charge is 0.598 e. The van der Waals surface area contributed by atoms with Crippen LogP contribution in [0.25, 0.3) is 0 Å². The van der Waals surface area contributed by atoms with Crippen LogP contribution in [0.15, 0.2) is 0 Å². The summed E-state index contributed by atoms with van der Waals surface area (Å²) >= 11 is -0.777. The first-order chi connectivity index (χ1) is 3.31. The van der Waals surface area contributed by atoms with Crippen LogP contribution in [0.4, 0.5) is 0 Å². The molecule has 1 atom stereocenters. The lowest BCUT2D eigenvalue weighted by Gasteiger charge is -2.04. The summed E-state index contributed by atoms with van der Waals surface area (Å²) in [6, 6.07) is 0. The van der Waals surface area contributed by atoms with Crippen molar-refractivity contribution in [3.8, 4) is 0 Å². The van der Waals surface area contributed by atoms with Crippen molar-refractivity contribution >= 4 is 11.4 Å². The van der Waals surface area contributed by atoms with Crippen molar-refractivity contribution in [2.75, 3.05) is 12.3 Å². The molecule has 44 valence electrons. The lowest BCUT2D eigenvalue weighted by Crippen LogP contribution is -2.24. The summed E-state index contributed by atoms with van der Waals surface area (Å²) in [7, 11) is 0. The first-order valence-corrected chi connectivity index (χ1v) is 3.75. The highest BCUT2D eigenvalue weighted by molar-refractivity contribution is 7.89. The van der Waals surface area contributed by atoms with E-state index in [2.05, 4.69) is 4.72 Å². The minimum Gasteiger partial charge on any atom is -0.598 e. The van der Waals surface area contributed by atoms with Gasteiger partial charge in [-0.15, -0.1) is 4.72 Å². The van der Waals surface area contributed by atoms with E-state index in [4.69, 9.17) is 0 Å². The zero-order valence-corrected chi connectivity index (χ0v) is 5.55. The normalized spacial score (nSPS) is 14.1. The number of hydrogen-bond acceptors (Lipinski definition) is 2. The molecule has 0 saturated heterocycles. The molecular weight excluding hydrogens is 110 g/mol. The van der Waals surface area contributed by atoms with Gasteiger partial charge in [0.25, 0.3) is 0 Å². The second-order valence-electron chi connectivity index (χ2n) is 1.13. The Labute approximate surface area is 47.6 Å². The molecule has 0 radical (unpaired) electrons. The van der Waals surface area contributed by atoms with E-state index in [-0.39, 0.29) is 0 Å². The van der Waals surface area contributed by atoms with E-state index < -0.39 is 11.4 Å². The molecular formula is C4H11NOS. The molecule has 0 aromatic rings. The van der Waals surface area contributed by atoms with E-state index in [0.29, 0.717) is 5.75 Å². The first kappa shape index (κ1) is 7.27. The molecule has 0 rings (SSSR count). The Balaban J connectivity index is 2.83. The van der Waals surface area contributed by atoms with Gasteiger partial charge >= 0.3 is 0 Å². The van der Waals surface area contributed by atoms with E-state index in [0.717, 1.165) is 6.54 Å². The summed E-state index contributed by atoms with van der Waals surface area (Å²) in [6.07, 6.45) is 0. The molecule has 7 heavy (non-hydrogen) atoms. The van der Waals surface area contributed by atoms with Crippen LogP contribution < -0.4 is 4.72 Å². The van der Waals surface area contributed by atoms with E-state index in [1.165, 1.54) is 0 Å². The number of nitrogens with one attached hydrogen (secondary N) is 1. The summed E-state index contributed by atoms with van der Waals surface area (Å²) < 4.78 is 13.2. The predicted octanol–water partition coefficient (Wildman–Crippen LogP) is 0.280. The van der Waals surface area contributed by atoms with Crippen LogP contribution in [-0.2, 0) is 11.4 Å². The van der Waals surface area contributed by atoms with Crippen molar-refractivity contribution in [3.63, 3.8) is 0 Å². The zero-order valence-electron chi connectivity index (χ0n) is 4.73. The Morgan fingerprint density at radius 3 is 2.29 bits per heavy atom. The van der Waals surface area contributed by atoms with Gasteiger partial charge in [-0.2, -0.15) is 0 Å². The Bertz CT molecular complexity index is 42.7. The van der Waals surface area contributed by atoms with Crippen molar-refractivity contribution in [2.24, 2.45) is 0 Å². The molecule has 0 heterocycles. The summed E-state index contributed by atoms with van der Waals surface area (Å²) in [6.45, 7) is 4.62. The van der Waals surface area contributed by atoms with Crippen LogP contribution in [-0.4, -0.2) is 16.9 Å². The van der Waals surface area contributed by atoms with Crippen LogP contribution >= 0.6 is 0 Å². The molecule has 0 aliphatic rings. The van der Waals surface area contributed by atoms with Crippen molar-refractivity contribution < 1.29 is 4.55 Å². The maximum absolute atomic E-state index is 10.4. The zero-order chi connectivity index (χ0) is 5.70. The van der Waals surface area contributed by atoms with Gasteiger partial charge in [-0.3, -0.25) is 0 Å². The Hall–Kier alpha value is 0.270. The molecule has 3 heteroatoms. The van der Waals surface area contributed by atoms with Crippen LogP contribution in [0.3, 0.4) is 0 Å². The fraction of sp³-hybridized carbons (Fsp3) is 1.00. The van der Waals surface area contributed by atoms with Gasteiger partial charge in [-0.05, 0) is 13.8 Å². The topological polar surface area (TPSA) is 35.1 Å². The van der Waals surface area contributed by atoms with Crippen molar-refractivity contribution in [1.82, 2.24) is 4.72 Å². The van der Waals surface area contributed by atoms with Crippen LogP contribution in [0.1, 0.15) is 13.8 Å². The molecule has 2 nitrogen and oxygen atoms in total. The van der Waals surface area contributed by atoms with Gasteiger partial charge in [0.05, 0.1) is 0 Å². The molecule has 1 unspecified atom stereocenters. The van der Waals surface area contributed by atoms with Crippen molar-refractivity contribution in [1.29, 1.82) is 0 Å².